The van der Waals surface area contributed by atoms with E-state index >= 15 is 0 Å². The van der Waals surface area contributed by atoms with Crippen molar-refractivity contribution in [2.24, 2.45) is 0 Å². The lowest BCUT2D eigenvalue weighted by atomic mass is 10.2. The minimum atomic E-state index is 0.339. The summed E-state index contributed by atoms with van der Waals surface area (Å²) in [6.45, 7) is 2.18. The minimum absolute atomic E-state index is 0.339. The van der Waals surface area contributed by atoms with Crippen LogP contribution in [0, 0.1) is 0 Å². The van der Waals surface area contributed by atoms with Crippen LogP contribution >= 0.6 is 39.0 Å². The molecule has 1 nitrogen and oxygen atoms in total. The van der Waals surface area contributed by atoms with E-state index in [-0.39, 0.29) is 0 Å². The molecule has 90 valence electrons. The fraction of sp³-hybridized carbons (Fsp3) is 0.231. The summed E-state index contributed by atoms with van der Waals surface area (Å²) in [6, 6.07) is 11.1. The molecular weight excluding hydrogens is 314 g/mol. The van der Waals surface area contributed by atoms with Crippen LogP contribution in [0.5, 0.6) is 0 Å². The van der Waals surface area contributed by atoms with Crippen molar-refractivity contribution in [1.82, 2.24) is 0 Å². The van der Waals surface area contributed by atoms with Crippen LogP contribution in [0.2, 0.25) is 0 Å². The van der Waals surface area contributed by atoms with Crippen molar-refractivity contribution in [1.29, 1.82) is 0 Å². The van der Waals surface area contributed by atoms with E-state index in [1.54, 1.807) is 23.1 Å². The Bertz CT molecular complexity index is 478. The largest absolute Gasteiger partial charge is 0.378 e. The molecule has 0 amide bonds. The molecular formula is C13H14BrNS2. The standard InChI is InChI=1S/C13H14BrNS2/c1-9(13-7-10(14)8-17-13)15-11-3-5-12(16-2)6-4-11/h3-9,15H,1-2H3. The first kappa shape index (κ1) is 13.0. The third-order valence-electron chi connectivity index (χ3n) is 2.49. The van der Waals surface area contributed by atoms with Gasteiger partial charge in [0.15, 0.2) is 0 Å². The summed E-state index contributed by atoms with van der Waals surface area (Å²) in [4.78, 5) is 2.63. The highest BCUT2D eigenvalue weighted by molar-refractivity contribution is 9.10. The van der Waals surface area contributed by atoms with Crippen LogP contribution in [-0.4, -0.2) is 6.26 Å². The Hall–Kier alpha value is -0.450. The van der Waals surface area contributed by atoms with Gasteiger partial charge in [-0.15, -0.1) is 23.1 Å². The first-order valence-corrected chi connectivity index (χ1v) is 8.23. The van der Waals surface area contributed by atoms with Gasteiger partial charge in [0, 0.05) is 25.3 Å². The molecule has 2 rings (SSSR count). The van der Waals surface area contributed by atoms with Crippen molar-refractivity contribution >= 4 is 44.7 Å². The summed E-state index contributed by atoms with van der Waals surface area (Å²) in [7, 11) is 0. The number of anilines is 1. The van der Waals surface area contributed by atoms with Crippen molar-refractivity contribution in [3.05, 3.63) is 45.1 Å². The van der Waals surface area contributed by atoms with Crippen LogP contribution in [-0.2, 0) is 0 Å². The van der Waals surface area contributed by atoms with E-state index in [4.69, 9.17) is 0 Å². The van der Waals surface area contributed by atoms with E-state index in [2.05, 4.69) is 70.1 Å². The van der Waals surface area contributed by atoms with Crippen LogP contribution in [0.15, 0.2) is 45.1 Å². The molecule has 17 heavy (non-hydrogen) atoms. The maximum absolute atomic E-state index is 3.50. The second kappa shape index (κ2) is 5.94. The highest BCUT2D eigenvalue weighted by Gasteiger charge is 2.07. The lowest BCUT2D eigenvalue weighted by Crippen LogP contribution is -2.04. The monoisotopic (exact) mass is 327 g/mol. The van der Waals surface area contributed by atoms with Gasteiger partial charge < -0.3 is 5.32 Å². The summed E-state index contributed by atoms with van der Waals surface area (Å²) in [5.74, 6) is 0. The van der Waals surface area contributed by atoms with E-state index in [1.165, 1.54) is 15.5 Å². The molecule has 1 aromatic carbocycles. The van der Waals surface area contributed by atoms with Crippen LogP contribution in [0.25, 0.3) is 0 Å². The van der Waals surface area contributed by atoms with Crippen molar-refractivity contribution in [3.8, 4) is 0 Å². The number of thiophene rings is 1. The molecule has 0 aliphatic rings. The molecule has 4 heteroatoms. The molecule has 0 bridgehead atoms. The number of hydrogen-bond acceptors (Lipinski definition) is 3. The van der Waals surface area contributed by atoms with Gasteiger partial charge in [0.25, 0.3) is 0 Å². The molecule has 0 saturated heterocycles. The zero-order chi connectivity index (χ0) is 12.3. The SMILES string of the molecule is CSc1ccc(NC(C)c2cc(Br)cs2)cc1. The summed E-state index contributed by atoms with van der Waals surface area (Å²) >= 11 is 7.02. The Balaban J connectivity index is 2.04. The summed E-state index contributed by atoms with van der Waals surface area (Å²) in [5, 5.41) is 5.62. The molecule has 1 atom stereocenters. The van der Waals surface area contributed by atoms with Crippen molar-refractivity contribution in [2.75, 3.05) is 11.6 Å². The first-order valence-electron chi connectivity index (χ1n) is 5.33. The predicted molar refractivity (Wildman–Crippen MR) is 82.3 cm³/mol. The third-order valence-corrected chi connectivity index (χ3v) is 5.11. The van der Waals surface area contributed by atoms with Crippen molar-refractivity contribution < 1.29 is 0 Å². The molecule has 0 aliphatic heterocycles. The maximum atomic E-state index is 3.50. The Morgan fingerprint density at radius 1 is 1.29 bits per heavy atom. The van der Waals surface area contributed by atoms with E-state index in [0.29, 0.717) is 6.04 Å². The maximum Gasteiger partial charge on any atom is 0.0578 e. The molecule has 0 fully saturated rings. The zero-order valence-corrected chi connectivity index (χ0v) is 13.0. The van der Waals surface area contributed by atoms with Crippen molar-refractivity contribution in [2.45, 2.75) is 17.9 Å². The molecule has 1 unspecified atom stereocenters. The molecule has 2 aromatic rings. The summed E-state index contributed by atoms with van der Waals surface area (Å²) in [5.41, 5.74) is 1.17. The van der Waals surface area contributed by atoms with Crippen LogP contribution < -0.4 is 5.32 Å². The number of thioether (sulfide) groups is 1. The molecule has 0 spiro atoms. The van der Waals surface area contributed by atoms with Gasteiger partial charge in [-0.1, -0.05) is 0 Å². The van der Waals surface area contributed by atoms with E-state index in [9.17, 15) is 0 Å². The van der Waals surface area contributed by atoms with Gasteiger partial charge in [0.1, 0.15) is 0 Å². The van der Waals surface area contributed by atoms with Crippen LogP contribution in [0.1, 0.15) is 17.8 Å². The highest BCUT2D eigenvalue weighted by Crippen LogP contribution is 2.28. The topological polar surface area (TPSA) is 12.0 Å². The fourth-order valence-electron chi connectivity index (χ4n) is 1.56. The lowest BCUT2D eigenvalue weighted by Gasteiger charge is -2.13. The number of nitrogens with one attached hydrogen (secondary N) is 1. The summed E-state index contributed by atoms with van der Waals surface area (Å²) in [6.07, 6.45) is 2.09. The first-order chi connectivity index (χ1) is 8.19. The number of hydrogen-bond donors (Lipinski definition) is 1. The second-order valence-electron chi connectivity index (χ2n) is 3.76. The quantitative estimate of drug-likeness (QED) is 0.754. The number of benzene rings is 1. The molecule has 0 aliphatic carbocycles. The van der Waals surface area contributed by atoms with Crippen LogP contribution in [0.4, 0.5) is 5.69 Å². The van der Waals surface area contributed by atoms with E-state index in [0.717, 1.165) is 4.47 Å². The van der Waals surface area contributed by atoms with Gasteiger partial charge in [-0.3, -0.25) is 0 Å². The smallest absolute Gasteiger partial charge is 0.0578 e. The third kappa shape index (κ3) is 3.50. The van der Waals surface area contributed by atoms with Gasteiger partial charge in [0.05, 0.1) is 6.04 Å². The number of halogens is 1. The van der Waals surface area contributed by atoms with Crippen LogP contribution in [0.3, 0.4) is 0 Å². The molecule has 0 radical (unpaired) electrons. The normalized spacial score (nSPS) is 12.4. The average Bonchev–Trinajstić information content (AvgIpc) is 2.77. The zero-order valence-electron chi connectivity index (χ0n) is 9.74. The molecule has 0 saturated carbocycles. The van der Waals surface area contributed by atoms with Gasteiger partial charge in [-0.2, -0.15) is 0 Å². The lowest BCUT2D eigenvalue weighted by molar-refractivity contribution is 0.907. The molecule has 1 N–H and O–H groups in total. The predicted octanol–water partition coefficient (Wildman–Crippen LogP) is 5.41. The Morgan fingerprint density at radius 2 is 2.00 bits per heavy atom. The highest BCUT2D eigenvalue weighted by atomic mass is 79.9. The average molecular weight is 328 g/mol. The minimum Gasteiger partial charge on any atom is -0.378 e. The number of rotatable bonds is 4. The van der Waals surface area contributed by atoms with Crippen molar-refractivity contribution in [3.63, 3.8) is 0 Å². The fourth-order valence-corrected chi connectivity index (χ4v) is 3.43. The van der Waals surface area contributed by atoms with Gasteiger partial charge in [-0.05, 0) is 59.4 Å². The van der Waals surface area contributed by atoms with E-state index in [1.807, 2.05) is 0 Å². The molecule has 1 heterocycles. The van der Waals surface area contributed by atoms with Gasteiger partial charge in [0.2, 0.25) is 0 Å². The Kier molecular flexibility index (Phi) is 4.54. The van der Waals surface area contributed by atoms with Gasteiger partial charge >= 0.3 is 0 Å². The van der Waals surface area contributed by atoms with Gasteiger partial charge in [-0.25, -0.2) is 0 Å². The van der Waals surface area contributed by atoms with E-state index < -0.39 is 0 Å². The Labute approximate surface area is 119 Å². The Morgan fingerprint density at radius 3 is 2.53 bits per heavy atom. The second-order valence-corrected chi connectivity index (χ2v) is 6.50. The summed E-state index contributed by atoms with van der Waals surface area (Å²) < 4.78 is 1.16. The molecule has 1 aromatic heterocycles.